The van der Waals surface area contributed by atoms with Crippen LogP contribution in [-0.4, -0.2) is 37.7 Å². The van der Waals surface area contributed by atoms with Crippen LogP contribution in [0.5, 0.6) is 0 Å². The average molecular weight is 452 g/mol. The van der Waals surface area contributed by atoms with Gasteiger partial charge < -0.3 is 4.42 Å². The van der Waals surface area contributed by atoms with E-state index in [1.807, 2.05) is 42.5 Å². The first-order valence-corrected chi connectivity index (χ1v) is 11.7. The molecule has 0 radical (unpaired) electrons. The maximum atomic E-state index is 5.97. The van der Waals surface area contributed by atoms with Crippen LogP contribution in [0.3, 0.4) is 0 Å². The van der Waals surface area contributed by atoms with Gasteiger partial charge in [0, 0.05) is 16.3 Å². The zero-order valence-electron chi connectivity index (χ0n) is 16.9. The fourth-order valence-electron chi connectivity index (χ4n) is 3.72. The number of aromatic nitrogens is 4. The van der Waals surface area contributed by atoms with Crippen molar-refractivity contribution >= 4 is 23.4 Å². The topological polar surface area (TPSA) is 60.0 Å². The third-order valence-corrected chi connectivity index (χ3v) is 6.45. The van der Waals surface area contributed by atoms with Gasteiger partial charge in [0.1, 0.15) is 0 Å². The zero-order valence-corrected chi connectivity index (χ0v) is 18.5. The summed E-state index contributed by atoms with van der Waals surface area (Å²) in [6.07, 6.45) is 4.25. The molecule has 1 aliphatic heterocycles. The van der Waals surface area contributed by atoms with Crippen LogP contribution >= 0.6 is 23.4 Å². The highest BCUT2D eigenvalue weighted by atomic mass is 35.5. The smallest absolute Gasteiger partial charge is 0.205 e. The molecule has 2 aromatic carbocycles. The molecule has 0 N–H and O–H groups in total. The van der Waals surface area contributed by atoms with Gasteiger partial charge in [-0.05, 0) is 62.3 Å². The lowest BCUT2D eigenvalue weighted by Gasteiger charge is -2.15. The highest BCUT2D eigenvalue weighted by molar-refractivity contribution is 7.98. The molecule has 8 heteroatoms. The Morgan fingerprint density at radius 1 is 0.968 bits per heavy atom. The molecule has 1 aliphatic rings. The molecule has 5 rings (SSSR count). The quantitative estimate of drug-likeness (QED) is 0.347. The Morgan fingerprint density at radius 3 is 2.52 bits per heavy atom. The Balaban J connectivity index is 1.35. The van der Waals surface area contributed by atoms with Crippen LogP contribution in [0.15, 0.2) is 70.4 Å². The van der Waals surface area contributed by atoms with Gasteiger partial charge in [0.25, 0.3) is 0 Å². The van der Waals surface area contributed by atoms with E-state index in [0.29, 0.717) is 16.7 Å². The molecular weight excluding hydrogens is 430 g/mol. The third-order valence-electron chi connectivity index (χ3n) is 5.29. The fourth-order valence-corrected chi connectivity index (χ4v) is 4.67. The van der Waals surface area contributed by atoms with Crippen molar-refractivity contribution in [3.63, 3.8) is 0 Å². The molecule has 0 atom stereocenters. The SMILES string of the molecule is Clc1ccc(-c2cnc(CSc3nnc(CN4CCCC4)n3-c3ccccc3)o2)cc1. The maximum absolute atomic E-state index is 5.97. The molecule has 0 unspecified atom stereocenters. The summed E-state index contributed by atoms with van der Waals surface area (Å²) in [4.78, 5) is 6.87. The predicted octanol–water partition coefficient (Wildman–Crippen LogP) is 5.46. The van der Waals surface area contributed by atoms with Crippen molar-refractivity contribution in [2.24, 2.45) is 0 Å². The Kier molecular flexibility index (Phi) is 6.06. The third kappa shape index (κ3) is 4.69. The first-order chi connectivity index (χ1) is 15.3. The number of likely N-dealkylation sites (tertiary alicyclic amines) is 1. The lowest BCUT2D eigenvalue weighted by atomic mass is 10.2. The van der Waals surface area contributed by atoms with E-state index in [4.69, 9.17) is 16.0 Å². The van der Waals surface area contributed by atoms with Crippen LogP contribution in [0.4, 0.5) is 0 Å². The van der Waals surface area contributed by atoms with Crippen LogP contribution in [0.25, 0.3) is 17.0 Å². The normalized spacial score (nSPS) is 14.4. The van der Waals surface area contributed by atoms with E-state index in [9.17, 15) is 0 Å². The van der Waals surface area contributed by atoms with E-state index in [1.165, 1.54) is 12.8 Å². The first kappa shape index (κ1) is 20.3. The van der Waals surface area contributed by atoms with Crippen molar-refractivity contribution in [1.82, 2.24) is 24.6 Å². The molecule has 2 aromatic heterocycles. The number of nitrogens with zero attached hydrogens (tertiary/aromatic N) is 5. The van der Waals surface area contributed by atoms with E-state index >= 15 is 0 Å². The van der Waals surface area contributed by atoms with Gasteiger partial charge in [-0.1, -0.05) is 41.6 Å². The predicted molar refractivity (Wildman–Crippen MR) is 122 cm³/mol. The second-order valence-corrected chi connectivity index (χ2v) is 8.85. The molecule has 6 nitrogen and oxygen atoms in total. The van der Waals surface area contributed by atoms with E-state index in [1.54, 1.807) is 18.0 Å². The van der Waals surface area contributed by atoms with Crippen LogP contribution in [0.2, 0.25) is 5.02 Å². The van der Waals surface area contributed by atoms with E-state index in [2.05, 4.69) is 36.8 Å². The number of para-hydroxylation sites is 1. The molecule has 1 saturated heterocycles. The zero-order chi connectivity index (χ0) is 21.0. The highest BCUT2D eigenvalue weighted by Gasteiger charge is 2.20. The van der Waals surface area contributed by atoms with Gasteiger partial charge in [-0.15, -0.1) is 10.2 Å². The monoisotopic (exact) mass is 451 g/mol. The second kappa shape index (κ2) is 9.26. The van der Waals surface area contributed by atoms with Crippen molar-refractivity contribution < 1.29 is 4.42 Å². The number of halogens is 1. The molecule has 3 heterocycles. The Morgan fingerprint density at radius 2 is 1.74 bits per heavy atom. The number of hydrogen-bond donors (Lipinski definition) is 0. The van der Waals surface area contributed by atoms with Crippen LogP contribution < -0.4 is 0 Å². The van der Waals surface area contributed by atoms with Crippen LogP contribution in [-0.2, 0) is 12.3 Å². The van der Waals surface area contributed by atoms with Crippen molar-refractivity contribution in [2.45, 2.75) is 30.3 Å². The minimum absolute atomic E-state index is 0.572. The summed E-state index contributed by atoms with van der Waals surface area (Å²) in [5, 5.41) is 10.5. The molecular formula is C23H22ClN5OS. The minimum Gasteiger partial charge on any atom is -0.440 e. The molecule has 0 aliphatic carbocycles. The number of oxazole rings is 1. The summed E-state index contributed by atoms with van der Waals surface area (Å²) in [5.74, 6) is 2.91. The Labute approximate surface area is 190 Å². The molecule has 0 saturated carbocycles. The first-order valence-electron chi connectivity index (χ1n) is 10.3. The average Bonchev–Trinajstić information content (AvgIpc) is 3.55. The van der Waals surface area contributed by atoms with Crippen LogP contribution in [0.1, 0.15) is 24.6 Å². The summed E-state index contributed by atoms with van der Waals surface area (Å²) < 4.78 is 8.10. The molecule has 0 spiro atoms. The van der Waals surface area contributed by atoms with Gasteiger partial charge in [0.2, 0.25) is 5.89 Å². The number of rotatable bonds is 7. The summed E-state index contributed by atoms with van der Waals surface area (Å²) in [7, 11) is 0. The van der Waals surface area contributed by atoms with E-state index in [0.717, 1.165) is 47.6 Å². The molecule has 4 aromatic rings. The van der Waals surface area contributed by atoms with E-state index in [-0.39, 0.29) is 0 Å². The van der Waals surface area contributed by atoms with Gasteiger partial charge in [-0.25, -0.2) is 4.98 Å². The van der Waals surface area contributed by atoms with Gasteiger partial charge in [-0.3, -0.25) is 9.47 Å². The standard InChI is InChI=1S/C23H22ClN5OS/c24-18-10-8-17(9-11-18)20-14-25-22(30-20)16-31-23-27-26-21(15-28-12-4-5-13-28)29(23)19-6-2-1-3-7-19/h1-3,6-11,14H,4-5,12-13,15-16H2. The second-order valence-electron chi connectivity index (χ2n) is 7.47. The van der Waals surface area contributed by atoms with E-state index < -0.39 is 0 Å². The number of thioether (sulfide) groups is 1. The summed E-state index contributed by atoms with van der Waals surface area (Å²) in [5.41, 5.74) is 2.02. The van der Waals surface area contributed by atoms with Crippen molar-refractivity contribution in [1.29, 1.82) is 0 Å². The number of hydrogen-bond acceptors (Lipinski definition) is 6. The lowest BCUT2D eigenvalue weighted by Crippen LogP contribution is -2.21. The fraction of sp³-hybridized carbons (Fsp3) is 0.261. The minimum atomic E-state index is 0.572. The number of benzene rings is 2. The van der Waals surface area contributed by atoms with Crippen molar-refractivity contribution in [3.8, 4) is 17.0 Å². The van der Waals surface area contributed by atoms with Gasteiger partial charge in [-0.2, -0.15) is 0 Å². The molecule has 0 bridgehead atoms. The summed E-state index contributed by atoms with van der Waals surface area (Å²) in [6, 6.07) is 17.8. The Bertz CT molecular complexity index is 1140. The summed E-state index contributed by atoms with van der Waals surface area (Å²) in [6.45, 7) is 3.05. The van der Waals surface area contributed by atoms with Gasteiger partial charge in [0.05, 0.1) is 18.5 Å². The highest BCUT2D eigenvalue weighted by Crippen LogP contribution is 2.28. The van der Waals surface area contributed by atoms with Crippen LogP contribution in [0, 0.1) is 0 Å². The molecule has 1 fully saturated rings. The molecule has 31 heavy (non-hydrogen) atoms. The Hall–Kier alpha value is -2.61. The largest absolute Gasteiger partial charge is 0.440 e. The van der Waals surface area contributed by atoms with Gasteiger partial charge in [0.15, 0.2) is 16.7 Å². The maximum Gasteiger partial charge on any atom is 0.205 e. The van der Waals surface area contributed by atoms with Crippen molar-refractivity contribution in [3.05, 3.63) is 77.5 Å². The molecule has 158 valence electrons. The lowest BCUT2D eigenvalue weighted by molar-refractivity contribution is 0.319. The summed E-state index contributed by atoms with van der Waals surface area (Å²) >= 11 is 7.55. The van der Waals surface area contributed by atoms with Crippen molar-refractivity contribution in [2.75, 3.05) is 13.1 Å². The molecule has 0 amide bonds. The van der Waals surface area contributed by atoms with Gasteiger partial charge >= 0.3 is 0 Å².